The molecule has 0 aliphatic heterocycles. The van der Waals surface area contributed by atoms with Crippen LogP contribution in [-0.4, -0.2) is 16.3 Å². The molecule has 0 saturated heterocycles. The lowest BCUT2D eigenvalue weighted by Gasteiger charge is -2.20. The number of thiol groups is 1. The third-order valence-electron chi connectivity index (χ3n) is 2.27. The van der Waals surface area contributed by atoms with Gasteiger partial charge in [0.25, 0.3) is 0 Å². The lowest BCUT2D eigenvalue weighted by atomic mass is 10.2. The van der Waals surface area contributed by atoms with Gasteiger partial charge in [0.05, 0.1) is 10.5 Å². The van der Waals surface area contributed by atoms with Crippen LogP contribution in [0.25, 0.3) is 10.9 Å². The average Bonchev–Trinajstić information content (AvgIpc) is 2.50. The van der Waals surface area contributed by atoms with Gasteiger partial charge in [0.2, 0.25) is 0 Å². The van der Waals surface area contributed by atoms with Gasteiger partial charge in [-0.25, -0.2) is 9.36 Å². The highest BCUT2D eigenvalue weighted by atomic mass is 32.1. The first-order chi connectivity index (χ1) is 7.88. The topological polar surface area (TPSA) is 31.2 Å². The quantitative estimate of drug-likeness (QED) is 0.722. The van der Waals surface area contributed by atoms with E-state index in [9.17, 15) is 4.79 Å². The number of nitrogens with zero attached hydrogens (tertiary/aromatic N) is 1. The van der Waals surface area contributed by atoms with E-state index >= 15 is 0 Å². The van der Waals surface area contributed by atoms with E-state index in [1.807, 2.05) is 51.1 Å². The SMILES string of the molecule is CC(C)(C)OC(=O)n1c(S)cc2ccccc21. The molecule has 2 rings (SSSR count). The van der Waals surface area contributed by atoms with Gasteiger partial charge >= 0.3 is 6.09 Å². The molecule has 3 nitrogen and oxygen atoms in total. The standard InChI is InChI=1S/C13H15NO2S/c1-13(2,3)16-12(15)14-10-7-5-4-6-9(10)8-11(14)17/h4-8,17H,1-3H3. The summed E-state index contributed by atoms with van der Waals surface area (Å²) in [6, 6.07) is 9.47. The first-order valence-corrected chi connectivity index (χ1v) is 5.86. The monoisotopic (exact) mass is 249 g/mol. The molecule has 0 bridgehead atoms. The molecule has 0 fully saturated rings. The van der Waals surface area contributed by atoms with Crippen molar-refractivity contribution in [2.24, 2.45) is 0 Å². The van der Waals surface area contributed by atoms with Crippen LogP contribution in [0.5, 0.6) is 0 Å². The molecule has 1 aromatic carbocycles. The molecule has 4 heteroatoms. The van der Waals surface area contributed by atoms with Crippen LogP contribution in [0.15, 0.2) is 35.4 Å². The van der Waals surface area contributed by atoms with E-state index in [1.54, 1.807) is 0 Å². The number of aromatic nitrogens is 1. The molecule has 1 heterocycles. The molecular weight excluding hydrogens is 234 g/mol. The summed E-state index contributed by atoms with van der Waals surface area (Å²) in [7, 11) is 0. The highest BCUT2D eigenvalue weighted by molar-refractivity contribution is 7.80. The number of para-hydroxylation sites is 1. The fourth-order valence-electron chi connectivity index (χ4n) is 1.64. The molecule has 17 heavy (non-hydrogen) atoms. The van der Waals surface area contributed by atoms with Crippen LogP contribution in [0, 0.1) is 0 Å². The number of hydrogen-bond acceptors (Lipinski definition) is 3. The van der Waals surface area contributed by atoms with Gasteiger partial charge in [-0.3, -0.25) is 0 Å². The average molecular weight is 249 g/mol. The van der Waals surface area contributed by atoms with Gasteiger partial charge in [-0.15, -0.1) is 12.6 Å². The van der Waals surface area contributed by atoms with Crippen molar-refractivity contribution in [1.82, 2.24) is 4.57 Å². The molecule has 0 unspecified atom stereocenters. The van der Waals surface area contributed by atoms with Crippen LogP contribution in [0.3, 0.4) is 0 Å². The Bertz CT molecular complexity index is 566. The van der Waals surface area contributed by atoms with Crippen molar-refractivity contribution < 1.29 is 9.53 Å². The number of ether oxygens (including phenoxy) is 1. The number of hydrogen-bond donors (Lipinski definition) is 1. The molecule has 0 atom stereocenters. The zero-order chi connectivity index (χ0) is 12.6. The maximum atomic E-state index is 12.0. The largest absolute Gasteiger partial charge is 0.443 e. The number of benzene rings is 1. The predicted molar refractivity (Wildman–Crippen MR) is 70.8 cm³/mol. The second kappa shape index (κ2) is 4.11. The van der Waals surface area contributed by atoms with Gasteiger partial charge in [0.15, 0.2) is 0 Å². The number of carbonyl (C=O) groups excluding carboxylic acids is 1. The predicted octanol–water partition coefficient (Wildman–Crippen LogP) is 3.71. The fourth-order valence-corrected chi connectivity index (χ4v) is 1.97. The maximum Gasteiger partial charge on any atom is 0.419 e. The van der Waals surface area contributed by atoms with E-state index in [1.165, 1.54) is 4.57 Å². The normalized spacial score (nSPS) is 11.8. The molecule has 0 amide bonds. The van der Waals surface area contributed by atoms with Crippen LogP contribution in [-0.2, 0) is 4.74 Å². The second-order valence-electron chi connectivity index (χ2n) is 4.88. The number of rotatable bonds is 0. The van der Waals surface area contributed by atoms with Crippen LogP contribution in [0.2, 0.25) is 0 Å². The van der Waals surface area contributed by atoms with Crippen molar-refractivity contribution in [3.05, 3.63) is 30.3 Å². The Morgan fingerprint density at radius 3 is 2.59 bits per heavy atom. The zero-order valence-electron chi connectivity index (χ0n) is 10.1. The van der Waals surface area contributed by atoms with Gasteiger partial charge in [-0.05, 0) is 32.9 Å². The van der Waals surface area contributed by atoms with E-state index in [2.05, 4.69) is 12.6 Å². The van der Waals surface area contributed by atoms with Crippen molar-refractivity contribution in [2.75, 3.05) is 0 Å². The van der Waals surface area contributed by atoms with E-state index in [-0.39, 0.29) is 0 Å². The minimum Gasteiger partial charge on any atom is -0.443 e. The van der Waals surface area contributed by atoms with E-state index in [4.69, 9.17) is 4.74 Å². The van der Waals surface area contributed by atoms with Crippen molar-refractivity contribution in [1.29, 1.82) is 0 Å². The molecule has 0 radical (unpaired) electrons. The summed E-state index contributed by atoms with van der Waals surface area (Å²) in [4.78, 5) is 12.0. The smallest absolute Gasteiger partial charge is 0.419 e. The van der Waals surface area contributed by atoms with E-state index in [0.29, 0.717) is 5.03 Å². The Balaban J connectivity index is 2.48. The van der Waals surface area contributed by atoms with Gasteiger partial charge < -0.3 is 4.74 Å². The third kappa shape index (κ3) is 2.47. The molecule has 0 N–H and O–H groups in total. The molecule has 90 valence electrons. The molecular formula is C13H15NO2S. The van der Waals surface area contributed by atoms with E-state index < -0.39 is 11.7 Å². The van der Waals surface area contributed by atoms with Gasteiger partial charge in [-0.2, -0.15) is 0 Å². The van der Waals surface area contributed by atoms with Crippen LogP contribution in [0.4, 0.5) is 4.79 Å². The maximum absolute atomic E-state index is 12.0. The van der Waals surface area contributed by atoms with E-state index in [0.717, 1.165) is 10.9 Å². The van der Waals surface area contributed by atoms with Crippen molar-refractivity contribution in [3.63, 3.8) is 0 Å². The van der Waals surface area contributed by atoms with Gasteiger partial charge in [0.1, 0.15) is 5.60 Å². The van der Waals surface area contributed by atoms with Crippen molar-refractivity contribution in [3.8, 4) is 0 Å². The summed E-state index contributed by atoms with van der Waals surface area (Å²) in [5.41, 5.74) is 0.301. The molecule has 0 saturated carbocycles. The zero-order valence-corrected chi connectivity index (χ0v) is 11.0. The lowest BCUT2D eigenvalue weighted by Crippen LogP contribution is -2.27. The Labute approximate surface area is 106 Å². The minimum atomic E-state index is -0.511. The summed E-state index contributed by atoms with van der Waals surface area (Å²) < 4.78 is 6.82. The van der Waals surface area contributed by atoms with Crippen LogP contribution in [0.1, 0.15) is 20.8 Å². The van der Waals surface area contributed by atoms with Crippen LogP contribution < -0.4 is 0 Å². The summed E-state index contributed by atoms with van der Waals surface area (Å²) >= 11 is 4.31. The lowest BCUT2D eigenvalue weighted by molar-refractivity contribution is 0.0532. The fraction of sp³-hybridized carbons (Fsp3) is 0.308. The first-order valence-electron chi connectivity index (χ1n) is 5.41. The molecule has 1 aromatic heterocycles. The summed E-state index contributed by atoms with van der Waals surface area (Å²) in [5.74, 6) is 0. The van der Waals surface area contributed by atoms with Crippen molar-refractivity contribution in [2.45, 2.75) is 31.4 Å². The molecule has 2 aromatic rings. The molecule has 0 spiro atoms. The number of fused-ring (bicyclic) bond motifs is 1. The van der Waals surface area contributed by atoms with Gasteiger partial charge in [-0.1, -0.05) is 18.2 Å². The summed E-state index contributed by atoms with van der Waals surface area (Å²) in [6.45, 7) is 5.53. The Hall–Kier alpha value is -1.42. The Kier molecular flexibility index (Phi) is 2.91. The number of carbonyl (C=O) groups is 1. The summed E-state index contributed by atoms with van der Waals surface area (Å²) in [5, 5.41) is 1.56. The van der Waals surface area contributed by atoms with Crippen molar-refractivity contribution >= 4 is 29.6 Å². The third-order valence-corrected chi connectivity index (χ3v) is 2.60. The molecule has 0 aliphatic rings. The molecule has 0 aliphatic carbocycles. The Morgan fingerprint density at radius 1 is 1.29 bits per heavy atom. The van der Waals surface area contributed by atoms with Gasteiger partial charge in [0, 0.05) is 5.39 Å². The first kappa shape index (κ1) is 12.0. The highest BCUT2D eigenvalue weighted by Gasteiger charge is 2.20. The second-order valence-corrected chi connectivity index (χ2v) is 5.34. The summed E-state index contributed by atoms with van der Waals surface area (Å²) in [6.07, 6.45) is -0.399. The highest BCUT2D eigenvalue weighted by Crippen LogP contribution is 2.23. The van der Waals surface area contributed by atoms with Crippen LogP contribution >= 0.6 is 12.6 Å². The minimum absolute atomic E-state index is 0.399. The Morgan fingerprint density at radius 2 is 1.94 bits per heavy atom.